The van der Waals surface area contributed by atoms with Gasteiger partial charge in [-0.1, -0.05) is 41.4 Å². The standard InChI is InChI=1S/C25H24Cl2N4/c1-15-4-2-5-18-16(14-30-24(15)18)8-10-29-25-20(26)12-17(13-21(25)27)31-23-9-11-28-22-7-3-6-19(22)23/h2,4-5,9,11-14,29-30H,3,6-8,10H2,1H3,(H,28,31). The van der Waals surface area contributed by atoms with E-state index >= 15 is 0 Å². The lowest BCUT2D eigenvalue weighted by molar-refractivity contribution is 0.899. The summed E-state index contributed by atoms with van der Waals surface area (Å²) in [7, 11) is 0. The van der Waals surface area contributed by atoms with E-state index in [-0.39, 0.29) is 0 Å². The SMILES string of the molecule is Cc1cccc2c(CCNc3c(Cl)cc(Nc4ccnc5c4CCC5)cc3Cl)c[nH]c12. The molecule has 3 N–H and O–H groups in total. The predicted octanol–water partition coefficient (Wildman–Crippen LogP) is 7.07. The van der Waals surface area contributed by atoms with E-state index in [1.54, 1.807) is 0 Å². The van der Waals surface area contributed by atoms with Crippen LogP contribution in [0.1, 0.15) is 28.8 Å². The lowest BCUT2D eigenvalue weighted by Crippen LogP contribution is -2.06. The van der Waals surface area contributed by atoms with Crippen LogP contribution in [0.2, 0.25) is 10.0 Å². The Labute approximate surface area is 192 Å². The highest BCUT2D eigenvalue weighted by Crippen LogP contribution is 2.36. The maximum Gasteiger partial charge on any atom is 0.0720 e. The van der Waals surface area contributed by atoms with Gasteiger partial charge in [-0.15, -0.1) is 0 Å². The van der Waals surface area contributed by atoms with Crippen LogP contribution in [-0.2, 0) is 19.3 Å². The number of hydrogen-bond donors (Lipinski definition) is 3. The fourth-order valence-electron chi connectivity index (χ4n) is 4.44. The first-order valence-electron chi connectivity index (χ1n) is 10.6. The average Bonchev–Trinajstić information content (AvgIpc) is 3.39. The Hall–Kier alpha value is -2.69. The van der Waals surface area contributed by atoms with Gasteiger partial charge in [-0.25, -0.2) is 0 Å². The van der Waals surface area contributed by atoms with Crippen LogP contribution in [0.5, 0.6) is 0 Å². The number of halogens is 2. The number of aromatic nitrogens is 2. The second kappa shape index (κ2) is 8.45. The number of anilines is 3. The molecule has 2 heterocycles. The number of para-hydroxylation sites is 1. The minimum Gasteiger partial charge on any atom is -0.382 e. The molecule has 0 saturated carbocycles. The van der Waals surface area contributed by atoms with E-state index in [4.69, 9.17) is 23.2 Å². The average molecular weight is 451 g/mol. The number of H-pyrrole nitrogens is 1. The summed E-state index contributed by atoms with van der Waals surface area (Å²) in [6, 6.07) is 12.2. The highest BCUT2D eigenvalue weighted by atomic mass is 35.5. The van der Waals surface area contributed by atoms with Crippen LogP contribution in [0.3, 0.4) is 0 Å². The third kappa shape index (κ3) is 3.98. The molecule has 0 spiro atoms. The van der Waals surface area contributed by atoms with E-state index in [0.717, 1.165) is 49.3 Å². The molecular formula is C25H24Cl2N4. The Kier molecular flexibility index (Phi) is 5.51. The van der Waals surface area contributed by atoms with Gasteiger partial charge in [0.15, 0.2) is 0 Å². The quantitative estimate of drug-likeness (QED) is 0.294. The van der Waals surface area contributed by atoms with E-state index in [1.165, 1.54) is 33.3 Å². The third-order valence-corrected chi connectivity index (χ3v) is 6.61. The number of hydrogen-bond acceptors (Lipinski definition) is 3. The van der Waals surface area contributed by atoms with Crippen LogP contribution in [-0.4, -0.2) is 16.5 Å². The van der Waals surface area contributed by atoms with Gasteiger partial charge < -0.3 is 15.6 Å². The van der Waals surface area contributed by atoms with Crippen LogP contribution in [0.4, 0.5) is 17.1 Å². The fourth-order valence-corrected chi connectivity index (χ4v) is 5.06. The molecule has 0 saturated heterocycles. The van der Waals surface area contributed by atoms with Crippen molar-refractivity contribution in [2.24, 2.45) is 0 Å². The lowest BCUT2D eigenvalue weighted by Gasteiger charge is -2.15. The van der Waals surface area contributed by atoms with Crippen molar-refractivity contribution in [3.05, 3.63) is 81.2 Å². The lowest BCUT2D eigenvalue weighted by atomic mass is 10.1. The Morgan fingerprint density at radius 1 is 1.10 bits per heavy atom. The minimum absolute atomic E-state index is 0.607. The van der Waals surface area contributed by atoms with Crippen LogP contribution in [0.25, 0.3) is 10.9 Å². The second-order valence-corrected chi connectivity index (χ2v) is 8.88. The Bertz CT molecular complexity index is 1240. The van der Waals surface area contributed by atoms with Gasteiger partial charge in [0.2, 0.25) is 0 Å². The number of pyridine rings is 1. The molecule has 0 bridgehead atoms. The van der Waals surface area contributed by atoms with Crippen molar-refractivity contribution in [2.75, 3.05) is 17.2 Å². The van der Waals surface area contributed by atoms with Crippen molar-refractivity contribution in [3.8, 4) is 0 Å². The molecule has 0 radical (unpaired) electrons. The molecule has 0 atom stereocenters. The predicted molar refractivity (Wildman–Crippen MR) is 131 cm³/mol. The van der Waals surface area contributed by atoms with Crippen LogP contribution in [0, 0.1) is 6.92 Å². The zero-order valence-electron chi connectivity index (χ0n) is 17.4. The summed E-state index contributed by atoms with van der Waals surface area (Å²) in [6.07, 6.45) is 8.08. The van der Waals surface area contributed by atoms with E-state index in [9.17, 15) is 0 Å². The van der Waals surface area contributed by atoms with Gasteiger partial charge in [0.05, 0.1) is 15.7 Å². The maximum absolute atomic E-state index is 6.59. The van der Waals surface area contributed by atoms with Crippen molar-refractivity contribution >= 4 is 51.2 Å². The summed E-state index contributed by atoms with van der Waals surface area (Å²) in [5, 5.41) is 9.37. The minimum atomic E-state index is 0.607. The number of nitrogens with one attached hydrogen (secondary N) is 3. The molecule has 2 aromatic carbocycles. The van der Waals surface area contributed by atoms with Gasteiger partial charge in [-0.05, 0) is 67.5 Å². The topological polar surface area (TPSA) is 52.7 Å². The Morgan fingerprint density at radius 2 is 1.94 bits per heavy atom. The highest BCUT2D eigenvalue weighted by molar-refractivity contribution is 6.39. The van der Waals surface area contributed by atoms with Crippen molar-refractivity contribution in [1.82, 2.24) is 9.97 Å². The van der Waals surface area contributed by atoms with E-state index in [2.05, 4.69) is 51.9 Å². The maximum atomic E-state index is 6.59. The molecule has 1 aliphatic rings. The summed E-state index contributed by atoms with van der Waals surface area (Å²) in [6.45, 7) is 2.86. The zero-order chi connectivity index (χ0) is 21.4. The smallest absolute Gasteiger partial charge is 0.0720 e. The van der Waals surface area contributed by atoms with Gasteiger partial charge in [0.25, 0.3) is 0 Å². The second-order valence-electron chi connectivity index (χ2n) is 8.07. The van der Waals surface area contributed by atoms with E-state index in [1.807, 2.05) is 24.4 Å². The van der Waals surface area contributed by atoms with E-state index in [0.29, 0.717) is 10.0 Å². The monoisotopic (exact) mass is 450 g/mol. The molecule has 5 rings (SSSR count). The number of benzene rings is 2. The molecule has 0 aliphatic heterocycles. The Morgan fingerprint density at radius 3 is 2.77 bits per heavy atom. The summed E-state index contributed by atoms with van der Waals surface area (Å²) in [5.74, 6) is 0. The molecule has 4 nitrogen and oxygen atoms in total. The van der Waals surface area contributed by atoms with Gasteiger partial charge in [0.1, 0.15) is 0 Å². The first kappa shape index (κ1) is 20.2. The third-order valence-electron chi connectivity index (χ3n) is 6.01. The van der Waals surface area contributed by atoms with Crippen molar-refractivity contribution < 1.29 is 0 Å². The molecule has 1 aliphatic carbocycles. The van der Waals surface area contributed by atoms with Gasteiger partial charge in [0, 0.05) is 46.9 Å². The molecule has 31 heavy (non-hydrogen) atoms. The molecule has 0 unspecified atom stereocenters. The number of fused-ring (bicyclic) bond motifs is 2. The molecular weight excluding hydrogens is 427 g/mol. The van der Waals surface area contributed by atoms with Crippen molar-refractivity contribution in [2.45, 2.75) is 32.6 Å². The number of aryl methyl sites for hydroxylation is 2. The normalized spacial score (nSPS) is 12.9. The number of aromatic amines is 1. The van der Waals surface area contributed by atoms with Crippen molar-refractivity contribution in [3.63, 3.8) is 0 Å². The van der Waals surface area contributed by atoms with Gasteiger partial charge in [-0.3, -0.25) is 4.98 Å². The van der Waals surface area contributed by atoms with Crippen molar-refractivity contribution in [1.29, 1.82) is 0 Å². The molecule has 158 valence electrons. The summed E-state index contributed by atoms with van der Waals surface area (Å²) >= 11 is 13.2. The Balaban J connectivity index is 1.29. The van der Waals surface area contributed by atoms with Crippen LogP contribution in [0.15, 0.2) is 48.8 Å². The summed E-state index contributed by atoms with van der Waals surface area (Å²) < 4.78 is 0. The summed E-state index contributed by atoms with van der Waals surface area (Å²) in [4.78, 5) is 7.87. The van der Waals surface area contributed by atoms with Crippen LogP contribution < -0.4 is 10.6 Å². The first-order chi connectivity index (χ1) is 15.1. The zero-order valence-corrected chi connectivity index (χ0v) is 18.9. The molecule has 2 aromatic heterocycles. The van der Waals surface area contributed by atoms with E-state index < -0.39 is 0 Å². The summed E-state index contributed by atoms with van der Waals surface area (Å²) in [5.41, 5.74) is 8.96. The highest BCUT2D eigenvalue weighted by Gasteiger charge is 2.17. The molecule has 0 fully saturated rings. The molecule has 6 heteroatoms. The largest absolute Gasteiger partial charge is 0.382 e. The first-order valence-corrected chi connectivity index (χ1v) is 11.4. The van der Waals surface area contributed by atoms with Gasteiger partial charge in [-0.2, -0.15) is 0 Å². The number of rotatable bonds is 6. The fraction of sp³-hybridized carbons (Fsp3) is 0.240. The number of nitrogens with zero attached hydrogens (tertiary/aromatic N) is 1. The molecule has 0 amide bonds. The van der Waals surface area contributed by atoms with Gasteiger partial charge >= 0.3 is 0 Å². The van der Waals surface area contributed by atoms with Crippen LogP contribution >= 0.6 is 23.2 Å². The molecule has 4 aromatic rings.